The molecule has 4 aromatic carbocycles. The van der Waals surface area contributed by atoms with Gasteiger partial charge in [-0.25, -0.2) is 9.59 Å². The number of hydrogen-bond acceptors (Lipinski definition) is 18. The first-order valence-electron chi connectivity index (χ1n) is 27.8. The Morgan fingerprint density at radius 2 is 0.988 bits per heavy atom. The molecule has 4 aromatic rings. The van der Waals surface area contributed by atoms with Gasteiger partial charge in [-0.05, 0) is 181 Å². The van der Waals surface area contributed by atoms with E-state index in [0.29, 0.717) is 119 Å². The molecule has 2 N–H and O–H groups in total. The summed E-state index contributed by atoms with van der Waals surface area (Å²) in [5.74, 6) is -1.06. The monoisotopic (exact) mass is 1120 g/mol. The number of fused-ring (bicyclic) bond motifs is 1. The molecule has 2 aliphatic carbocycles. The van der Waals surface area contributed by atoms with Crippen LogP contribution in [0, 0.1) is 23.7 Å². The number of rotatable bonds is 31. The van der Waals surface area contributed by atoms with E-state index < -0.39 is 17.9 Å². The van der Waals surface area contributed by atoms with Crippen molar-refractivity contribution in [2.24, 2.45) is 28.8 Å². The van der Waals surface area contributed by atoms with Crippen molar-refractivity contribution >= 4 is 59.5 Å². The normalized spacial score (nSPS) is 18.3. The van der Waals surface area contributed by atoms with E-state index in [4.69, 9.17) is 37.9 Å². The van der Waals surface area contributed by atoms with Gasteiger partial charge in [-0.3, -0.25) is 24.6 Å². The Labute approximate surface area is 472 Å². The molecule has 1 heterocycles. The van der Waals surface area contributed by atoms with Crippen LogP contribution in [0.4, 0.5) is 5.69 Å². The Kier molecular flexibility index (Phi) is 24.4. The van der Waals surface area contributed by atoms with Crippen LogP contribution < -0.4 is 34.4 Å². The molecule has 1 unspecified atom stereocenters. The Morgan fingerprint density at radius 1 is 0.525 bits per heavy atom. The van der Waals surface area contributed by atoms with Crippen LogP contribution >= 0.6 is 11.8 Å². The Bertz CT molecular complexity index is 2690. The summed E-state index contributed by atoms with van der Waals surface area (Å²) in [6.07, 6.45) is 15.3. The molecule has 80 heavy (non-hydrogen) atoms. The molecule has 17 nitrogen and oxygen atoms in total. The quantitative estimate of drug-likeness (QED) is 0.00912. The highest BCUT2D eigenvalue weighted by atomic mass is 32.2. The van der Waals surface area contributed by atoms with Crippen LogP contribution in [0.3, 0.4) is 0 Å². The number of anilines is 1. The molecule has 2 saturated carbocycles. The van der Waals surface area contributed by atoms with Crippen molar-refractivity contribution in [1.29, 1.82) is 0 Å². The lowest BCUT2D eigenvalue weighted by Crippen LogP contribution is -2.30. The van der Waals surface area contributed by atoms with E-state index in [1.807, 2.05) is 36.4 Å². The third-order valence-corrected chi connectivity index (χ3v) is 15.1. The van der Waals surface area contributed by atoms with Crippen molar-refractivity contribution < 1.29 is 66.7 Å². The number of carbonyl (C=O) groups is 6. The molecule has 426 valence electrons. The summed E-state index contributed by atoms with van der Waals surface area (Å²) in [7, 11) is 0. The second-order valence-electron chi connectivity index (χ2n) is 19.9. The van der Waals surface area contributed by atoms with Gasteiger partial charge in [-0.15, -0.1) is 0 Å². The molecule has 0 amide bonds. The van der Waals surface area contributed by atoms with Crippen molar-refractivity contribution in [3.05, 3.63) is 127 Å². The summed E-state index contributed by atoms with van der Waals surface area (Å²) in [5, 5.41) is 7.90. The van der Waals surface area contributed by atoms with Crippen LogP contribution in [0.1, 0.15) is 114 Å². The first kappa shape index (κ1) is 60.0. The van der Waals surface area contributed by atoms with E-state index >= 15 is 0 Å². The van der Waals surface area contributed by atoms with Crippen molar-refractivity contribution in [1.82, 2.24) is 5.43 Å². The molecule has 18 heteroatoms. The highest BCUT2D eigenvalue weighted by Crippen LogP contribution is 2.37. The number of thioether (sulfide) groups is 1. The van der Waals surface area contributed by atoms with Gasteiger partial charge in [0.05, 0.1) is 68.6 Å². The summed E-state index contributed by atoms with van der Waals surface area (Å²) >= 11 is 1.60. The minimum atomic E-state index is -0.411. The molecule has 0 bridgehead atoms. The SMILES string of the molecule is C=CC(=O)OCCCCCCOc1ccc(OC(=O)C2CCC(C(=O)OCCc3ccc(OC(=O)C4CCC(C(=O)Oc5ccc(OCCCCCCOC(=O)C=C)cc5)CC4)c(/C=N/NC4Nc5ccccc5S4)c3)CC2)cc1. The Balaban J connectivity index is 0.819. The van der Waals surface area contributed by atoms with E-state index in [1.54, 1.807) is 72.6 Å². The number of unbranched alkanes of at least 4 members (excludes halogenated alkanes) is 6. The summed E-state index contributed by atoms with van der Waals surface area (Å²) in [6.45, 7) is 8.74. The van der Waals surface area contributed by atoms with Gasteiger partial charge in [-0.2, -0.15) is 5.10 Å². The summed E-state index contributed by atoms with van der Waals surface area (Å²) < 4.78 is 44.9. The largest absolute Gasteiger partial charge is 0.494 e. The lowest BCUT2D eigenvalue weighted by molar-refractivity contribution is -0.152. The zero-order chi connectivity index (χ0) is 56.3. The predicted molar refractivity (Wildman–Crippen MR) is 302 cm³/mol. The first-order valence-corrected chi connectivity index (χ1v) is 28.7. The van der Waals surface area contributed by atoms with Crippen LogP contribution in [-0.4, -0.2) is 80.6 Å². The third kappa shape index (κ3) is 19.9. The second kappa shape index (κ2) is 32.5. The second-order valence-corrected chi connectivity index (χ2v) is 21.0. The smallest absolute Gasteiger partial charge is 0.330 e. The van der Waals surface area contributed by atoms with Gasteiger partial charge in [0.15, 0.2) is 5.50 Å². The number of nitrogens with zero attached hydrogens (tertiary/aromatic N) is 1. The number of esters is 6. The molecule has 0 radical (unpaired) electrons. The lowest BCUT2D eigenvalue weighted by atomic mass is 9.82. The summed E-state index contributed by atoms with van der Waals surface area (Å²) in [4.78, 5) is 76.6. The number of benzene rings is 4. The maximum atomic E-state index is 13.7. The molecule has 0 saturated heterocycles. The molecule has 2 fully saturated rings. The molecule has 1 atom stereocenters. The van der Waals surface area contributed by atoms with Crippen molar-refractivity contribution in [3.8, 4) is 28.7 Å². The fourth-order valence-corrected chi connectivity index (χ4v) is 10.4. The zero-order valence-electron chi connectivity index (χ0n) is 45.3. The first-order chi connectivity index (χ1) is 39.0. The van der Waals surface area contributed by atoms with Crippen LogP contribution in [0.15, 0.2) is 126 Å². The van der Waals surface area contributed by atoms with Crippen LogP contribution in [0.5, 0.6) is 28.7 Å². The van der Waals surface area contributed by atoms with E-state index in [-0.39, 0.29) is 53.7 Å². The highest BCUT2D eigenvalue weighted by Gasteiger charge is 2.34. The number of hydrazone groups is 1. The average Bonchev–Trinajstić information content (AvgIpc) is 3.91. The molecule has 7 rings (SSSR count). The number of hydrogen-bond donors (Lipinski definition) is 2. The summed E-state index contributed by atoms with van der Waals surface area (Å²) in [5.41, 5.74) is 5.33. The Hall–Kier alpha value is -7.60. The van der Waals surface area contributed by atoms with Crippen molar-refractivity contribution in [3.63, 3.8) is 0 Å². The minimum absolute atomic E-state index is 0.136. The molecule has 0 spiro atoms. The standard InChI is InChI=1S/C62H73N3O14S/c1-3-56(66)74-38-13-7-5-11-36-72-49-26-30-51(31-27-49)77-59(69)45-20-18-44(19-21-45)58(68)76-40-35-43-17-34-54(48(41-43)42-63-65-62-64-53-15-9-10-16-55(53)80-62)79-61(71)47-24-22-46(23-25-47)60(70)78-52-32-28-50(29-33-52)73-37-12-6-8-14-39-75-57(67)4-2/h3-4,9-10,15-17,26-34,41-42,44-47,62,64-65H,1-2,5-8,11-14,18-25,35-40H2/b63-42+. The fraction of sp³-hybridized carbons (Fsp3) is 0.435. The average molecular weight is 1120 g/mol. The van der Waals surface area contributed by atoms with Gasteiger partial charge >= 0.3 is 35.8 Å². The number of carbonyl (C=O) groups excluding carboxylic acids is 6. The van der Waals surface area contributed by atoms with Gasteiger partial charge in [0, 0.05) is 29.0 Å². The van der Waals surface area contributed by atoms with Crippen molar-refractivity contribution in [2.75, 3.05) is 38.4 Å². The van der Waals surface area contributed by atoms with Crippen LogP contribution in [0.25, 0.3) is 0 Å². The maximum Gasteiger partial charge on any atom is 0.330 e. The topological polar surface area (TPSA) is 213 Å². The van der Waals surface area contributed by atoms with Crippen LogP contribution in [-0.2, 0) is 49.4 Å². The third-order valence-electron chi connectivity index (χ3n) is 14.0. The Morgan fingerprint density at radius 3 is 1.49 bits per heavy atom. The van der Waals surface area contributed by atoms with Gasteiger partial charge in [0.2, 0.25) is 0 Å². The van der Waals surface area contributed by atoms with E-state index in [2.05, 4.69) is 29.0 Å². The zero-order valence-corrected chi connectivity index (χ0v) is 46.1. The number of nitrogens with one attached hydrogen (secondary N) is 2. The minimum Gasteiger partial charge on any atom is -0.494 e. The maximum absolute atomic E-state index is 13.7. The molecular weight excluding hydrogens is 1040 g/mol. The van der Waals surface area contributed by atoms with Gasteiger partial charge in [0.25, 0.3) is 0 Å². The van der Waals surface area contributed by atoms with E-state index in [0.717, 1.165) is 79.7 Å². The highest BCUT2D eigenvalue weighted by molar-refractivity contribution is 8.00. The molecule has 1 aliphatic heterocycles. The summed E-state index contributed by atoms with van der Waals surface area (Å²) in [6, 6.07) is 27.3. The van der Waals surface area contributed by atoms with Gasteiger partial charge in [0.1, 0.15) is 28.7 Å². The van der Waals surface area contributed by atoms with E-state index in [1.165, 1.54) is 0 Å². The number of para-hydroxylation sites is 1. The predicted octanol–water partition coefficient (Wildman–Crippen LogP) is 11.3. The molecular formula is C62H73N3O14S. The van der Waals surface area contributed by atoms with Crippen LogP contribution in [0.2, 0.25) is 0 Å². The number of ether oxygens (including phenoxy) is 8. The van der Waals surface area contributed by atoms with Gasteiger partial charge in [-0.1, -0.05) is 43.1 Å². The van der Waals surface area contributed by atoms with Gasteiger partial charge < -0.3 is 43.2 Å². The molecule has 3 aliphatic rings. The van der Waals surface area contributed by atoms with E-state index in [9.17, 15) is 28.8 Å². The van der Waals surface area contributed by atoms with Crippen molar-refractivity contribution in [2.45, 2.75) is 120 Å². The fourth-order valence-electron chi connectivity index (χ4n) is 9.44. The lowest BCUT2D eigenvalue weighted by Gasteiger charge is -2.26. The molecule has 0 aromatic heterocycles.